The maximum Gasteiger partial charge on any atom is 0.191 e. The smallest absolute Gasteiger partial charge is 0.191 e. The van der Waals surface area contributed by atoms with Gasteiger partial charge in [0.25, 0.3) is 0 Å². The van der Waals surface area contributed by atoms with E-state index in [9.17, 15) is 8.42 Å². The highest BCUT2D eigenvalue weighted by molar-refractivity contribution is 7.91. The van der Waals surface area contributed by atoms with E-state index in [-0.39, 0.29) is 23.0 Å². The van der Waals surface area contributed by atoms with Gasteiger partial charge < -0.3 is 10.6 Å². The predicted molar refractivity (Wildman–Crippen MR) is 101 cm³/mol. The number of benzene rings is 1. The SMILES string of the molecule is CCNC(=NCC(C)(C)c1ccc(Cl)cc1)NC1CCS(=O)(=O)C1. The highest BCUT2D eigenvalue weighted by atomic mass is 35.5. The summed E-state index contributed by atoms with van der Waals surface area (Å²) < 4.78 is 23.2. The van der Waals surface area contributed by atoms with Crippen LogP contribution in [0.25, 0.3) is 0 Å². The zero-order valence-electron chi connectivity index (χ0n) is 14.5. The van der Waals surface area contributed by atoms with Gasteiger partial charge in [0.1, 0.15) is 0 Å². The fourth-order valence-electron chi connectivity index (χ4n) is 2.69. The first-order valence-electron chi connectivity index (χ1n) is 8.23. The molecule has 1 aromatic rings. The lowest BCUT2D eigenvalue weighted by atomic mass is 9.85. The number of hydrogen-bond acceptors (Lipinski definition) is 3. The Morgan fingerprint density at radius 1 is 1.33 bits per heavy atom. The highest BCUT2D eigenvalue weighted by Crippen LogP contribution is 2.25. The fraction of sp³-hybridized carbons (Fsp3) is 0.588. The molecule has 1 aliphatic rings. The van der Waals surface area contributed by atoms with Crippen LogP contribution in [0.1, 0.15) is 32.8 Å². The van der Waals surface area contributed by atoms with Crippen LogP contribution in [-0.2, 0) is 15.3 Å². The van der Waals surface area contributed by atoms with Crippen LogP contribution in [0.15, 0.2) is 29.3 Å². The van der Waals surface area contributed by atoms with E-state index in [2.05, 4.69) is 29.5 Å². The van der Waals surface area contributed by atoms with Crippen molar-refractivity contribution in [2.24, 2.45) is 4.99 Å². The minimum absolute atomic E-state index is 0.0635. The van der Waals surface area contributed by atoms with Crippen molar-refractivity contribution >= 4 is 27.4 Å². The molecule has 1 unspecified atom stereocenters. The van der Waals surface area contributed by atoms with Crippen molar-refractivity contribution in [2.45, 2.75) is 38.6 Å². The number of nitrogens with zero attached hydrogens (tertiary/aromatic N) is 1. The number of halogens is 1. The largest absolute Gasteiger partial charge is 0.357 e. The molecule has 7 heteroatoms. The predicted octanol–water partition coefficient (Wildman–Crippen LogP) is 2.36. The number of rotatable bonds is 5. The Labute approximate surface area is 149 Å². The van der Waals surface area contributed by atoms with Crippen molar-refractivity contribution in [1.82, 2.24) is 10.6 Å². The normalized spacial score (nSPS) is 20.8. The molecule has 0 aliphatic carbocycles. The molecule has 134 valence electrons. The first kappa shape index (κ1) is 19.1. The Hall–Kier alpha value is -1.27. The summed E-state index contributed by atoms with van der Waals surface area (Å²) in [7, 11) is -2.90. The first-order valence-corrected chi connectivity index (χ1v) is 10.4. The summed E-state index contributed by atoms with van der Waals surface area (Å²) in [5.74, 6) is 1.10. The Kier molecular flexibility index (Phi) is 6.15. The monoisotopic (exact) mass is 371 g/mol. The molecule has 0 radical (unpaired) electrons. The molecule has 0 saturated carbocycles. The molecule has 0 aromatic heterocycles. The lowest BCUT2D eigenvalue weighted by Crippen LogP contribution is -2.44. The van der Waals surface area contributed by atoms with Crippen molar-refractivity contribution < 1.29 is 8.42 Å². The van der Waals surface area contributed by atoms with Gasteiger partial charge in [-0.3, -0.25) is 4.99 Å². The highest BCUT2D eigenvalue weighted by Gasteiger charge is 2.28. The second-order valence-corrected chi connectivity index (χ2v) is 9.50. The van der Waals surface area contributed by atoms with Crippen LogP contribution in [0.5, 0.6) is 0 Å². The summed E-state index contributed by atoms with van der Waals surface area (Å²) in [5.41, 5.74) is 1.02. The van der Waals surface area contributed by atoms with Crippen LogP contribution in [0.4, 0.5) is 0 Å². The van der Waals surface area contributed by atoms with Crippen molar-refractivity contribution in [1.29, 1.82) is 0 Å². The second kappa shape index (κ2) is 7.74. The van der Waals surface area contributed by atoms with Crippen molar-refractivity contribution in [3.63, 3.8) is 0 Å². The number of nitrogens with one attached hydrogen (secondary N) is 2. The number of hydrogen-bond donors (Lipinski definition) is 2. The minimum Gasteiger partial charge on any atom is -0.357 e. The zero-order valence-corrected chi connectivity index (χ0v) is 16.0. The van der Waals surface area contributed by atoms with E-state index >= 15 is 0 Å². The van der Waals surface area contributed by atoms with E-state index in [1.54, 1.807) is 0 Å². The van der Waals surface area contributed by atoms with Crippen LogP contribution in [0.3, 0.4) is 0 Å². The lowest BCUT2D eigenvalue weighted by Gasteiger charge is -2.24. The van der Waals surface area contributed by atoms with Crippen LogP contribution in [0.2, 0.25) is 5.02 Å². The molecular weight excluding hydrogens is 346 g/mol. The molecule has 2 rings (SSSR count). The third-order valence-electron chi connectivity index (χ3n) is 4.18. The second-order valence-electron chi connectivity index (χ2n) is 6.83. The average molecular weight is 372 g/mol. The van der Waals surface area contributed by atoms with Crippen LogP contribution >= 0.6 is 11.6 Å². The molecule has 2 N–H and O–H groups in total. The van der Waals surface area contributed by atoms with E-state index in [4.69, 9.17) is 11.6 Å². The summed E-state index contributed by atoms with van der Waals surface area (Å²) in [4.78, 5) is 4.66. The standard InChI is InChI=1S/C17H26ClN3O2S/c1-4-19-16(21-15-9-10-24(22,23)11-15)20-12-17(2,3)13-5-7-14(18)8-6-13/h5-8,15H,4,9-12H2,1-3H3,(H2,19,20,21). The molecule has 1 saturated heterocycles. The fourth-order valence-corrected chi connectivity index (χ4v) is 4.49. The third kappa shape index (κ3) is 5.38. The van der Waals surface area contributed by atoms with Crippen molar-refractivity contribution in [3.05, 3.63) is 34.9 Å². The molecule has 0 amide bonds. The van der Waals surface area contributed by atoms with Gasteiger partial charge in [-0.25, -0.2) is 8.42 Å². The molecule has 1 heterocycles. The van der Waals surface area contributed by atoms with E-state index in [0.29, 0.717) is 18.9 Å². The van der Waals surface area contributed by atoms with E-state index in [1.165, 1.54) is 0 Å². The average Bonchev–Trinajstić information content (AvgIpc) is 2.84. The zero-order chi connectivity index (χ0) is 17.8. The van der Waals surface area contributed by atoms with Gasteiger partial charge in [-0.05, 0) is 31.0 Å². The molecule has 1 fully saturated rings. The van der Waals surface area contributed by atoms with Gasteiger partial charge in [0, 0.05) is 23.0 Å². The van der Waals surface area contributed by atoms with Crippen LogP contribution < -0.4 is 10.6 Å². The summed E-state index contributed by atoms with van der Waals surface area (Å²) in [6.07, 6.45) is 0.632. The molecule has 0 bridgehead atoms. The van der Waals surface area contributed by atoms with E-state index < -0.39 is 9.84 Å². The maximum atomic E-state index is 11.6. The van der Waals surface area contributed by atoms with Gasteiger partial charge in [-0.1, -0.05) is 37.6 Å². The van der Waals surface area contributed by atoms with E-state index in [1.807, 2.05) is 31.2 Å². The summed E-state index contributed by atoms with van der Waals surface area (Å²) in [6.45, 7) is 7.57. The molecule has 1 aliphatic heterocycles. The van der Waals surface area contributed by atoms with Gasteiger partial charge in [-0.2, -0.15) is 0 Å². The van der Waals surface area contributed by atoms with Crippen molar-refractivity contribution in [3.8, 4) is 0 Å². The van der Waals surface area contributed by atoms with Gasteiger partial charge in [-0.15, -0.1) is 0 Å². The van der Waals surface area contributed by atoms with Crippen LogP contribution in [-0.4, -0.2) is 45.0 Å². The van der Waals surface area contributed by atoms with Crippen molar-refractivity contribution in [2.75, 3.05) is 24.6 Å². The molecule has 1 aromatic carbocycles. The molecule has 5 nitrogen and oxygen atoms in total. The minimum atomic E-state index is -2.90. The molecular formula is C17H26ClN3O2S. The van der Waals surface area contributed by atoms with Gasteiger partial charge >= 0.3 is 0 Å². The van der Waals surface area contributed by atoms with Crippen LogP contribution in [0, 0.1) is 0 Å². The Morgan fingerprint density at radius 2 is 2.00 bits per heavy atom. The molecule has 24 heavy (non-hydrogen) atoms. The molecule has 1 atom stereocenters. The van der Waals surface area contributed by atoms with Gasteiger partial charge in [0.15, 0.2) is 15.8 Å². The Balaban J connectivity index is 2.05. The summed E-state index contributed by atoms with van der Waals surface area (Å²) in [6, 6.07) is 7.74. The topological polar surface area (TPSA) is 70.6 Å². The number of sulfone groups is 1. The molecule has 0 spiro atoms. The Bertz CT molecular complexity index is 684. The third-order valence-corrected chi connectivity index (χ3v) is 6.20. The number of aliphatic imine (C=N–C) groups is 1. The number of guanidine groups is 1. The maximum absolute atomic E-state index is 11.6. The van der Waals surface area contributed by atoms with Gasteiger partial charge in [0.2, 0.25) is 0 Å². The summed E-state index contributed by atoms with van der Waals surface area (Å²) >= 11 is 5.95. The first-order chi connectivity index (χ1) is 11.2. The van der Waals surface area contributed by atoms with Gasteiger partial charge in [0.05, 0.1) is 18.1 Å². The van der Waals surface area contributed by atoms with E-state index in [0.717, 1.165) is 17.1 Å². The Morgan fingerprint density at radius 3 is 2.54 bits per heavy atom. The summed E-state index contributed by atoms with van der Waals surface area (Å²) in [5, 5.41) is 7.16. The quantitative estimate of drug-likeness (QED) is 0.615. The lowest BCUT2D eigenvalue weighted by molar-refractivity contribution is 0.535.